The van der Waals surface area contributed by atoms with Crippen LogP contribution in [0.25, 0.3) is 0 Å². The number of ether oxygens (including phenoxy) is 2. The van der Waals surface area contributed by atoms with Gasteiger partial charge in [-0.3, -0.25) is 0 Å². The maximum atomic E-state index is 11.8. The summed E-state index contributed by atoms with van der Waals surface area (Å²) >= 11 is 0. The van der Waals surface area contributed by atoms with Crippen LogP contribution in [0, 0.1) is 11.8 Å². The van der Waals surface area contributed by atoms with Gasteiger partial charge < -0.3 is 19.7 Å². The van der Waals surface area contributed by atoms with Gasteiger partial charge in [-0.2, -0.15) is 0 Å². The minimum atomic E-state index is -0.698. The lowest BCUT2D eigenvalue weighted by molar-refractivity contribution is -0.167. The summed E-state index contributed by atoms with van der Waals surface area (Å²) in [5, 5.41) is 23.6. The molecule has 2 aliphatic rings. The minimum absolute atomic E-state index is 0.172. The van der Waals surface area contributed by atoms with E-state index >= 15 is 0 Å². The Balaban J connectivity index is 1.45. The first-order valence-electron chi connectivity index (χ1n) is 12.2. The van der Waals surface area contributed by atoms with Crippen molar-refractivity contribution in [1.82, 2.24) is 0 Å². The molecule has 0 saturated heterocycles. The second-order valence-electron chi connectivity index (χ2n) is 9.91. The van der Waals surface area contributed by atoms with E-state index in [0.29, 0.717) is 0 Å². The largest absolute Gasteiger partial charge is 0.497 e. The summed E-state index contributed by atoms with van der Waals surface area (Å²) in [4.78, 5) is 0. The number of fused-ring (bicyclic) bond motifs is 1. The molecule has 4 nitrogen and oxygen atoms in total. The summed E-state index contributed by atoms with van der Waals surface area (Å²) in [5.41, 5.74) is 1.00. The van der Waals surface area contributed by atoms with Gasteiger partial charge in [0.05, 0.1) is 25.4 Å². The van der Waals surface area contributed by atoms with Crippen LogP contribution in [0.15, 0.2) is 48.5 Å². The normalized spacial score (nSPS) is 29.9. The molecule has 0 amide bonds. The molecule has 0 spiro atoms. The Morgan fingerprint density at radius 3 is 1.59 bits per heavy atom. The van der Waals surface area contributed by atoms with Gasteiger partial charge in [0.15, 0.2) is 0 Å². The van der Waals surface area contributed by atoms with Crippen molar-refractivity contribution >= 4 is 0 Å². The van der Waals surface area contributed by atoms with Gasteiger partial charge in [0, 0.05) is 0 Å². The fourth-order valence-corrected chi connectivity index (χ4v) is 6.31. The van der Waals surface area contributed by atoms with E-state index in [2.05, 4.69) is 24.3 Å². The first-order valence-corrected chi connectivity index (χ1v) is 12.2. The van der Waals surface area contributed by atoms with Crippen LogP contribution in [0.2, 0.25) is 0 Å². The lowest BCUT2D eigenvalue weighted by Gasteiger charge is -2.54. The van der Waals surface area contributed by atoms with Crippen molar-refractivity contribution in [2.45, 2.75) is 75.4 Å². The van der Waals surface area contributed by atoms with Crippen LogP contribution in [0.1, 0.15) is 62.5 Å². The van der Waals surface area contributed by atoms with Crippen molar-refractivity contribution in [3.8, 4) is 11.5 Å². The van der Waals surface area contributed by atoms with Crippen LogP contribution >= 0.6 is 0 Å². The first kappa shape index (κ1) is 23.1. The molecular formula is C28H38O4. The summed E-state index contributed by atoms with van der Waals surface area (Å²) < 4.78 is 10.7. The van der Waals surface area contributed by atoms with Crippen LogP contribution < -0.4 is 9.47 Å². The molecule has 0 heterocycles. The van der Waals surface area contributed by atoms with Crippen LogP contribution in [0.5, 0.6) is 11.5 Å². The molecule has 0 bridgehead atoms. The molecule has 2 aromatic rings. The zero-order valence-electron chi connectivity index (χ0n) is 19.6. The minimum Gasteiger partial charge on any atom is -0.497 e. The highest BCUT2D eigenvalue weighted by Crippen LogP contribution is 2.53. The van der Waals surface area contributed by atoms with Crippen LogP contribution in [-0.2, 0) is 12.8 Å². The van der Waals surface area contributed by atoms with E-state index in [0.717, 1.165) is 75.7 Å². The van der Waals surface area contributed by atoms with Gasteiger partial charge in [-0.25, -0.2) is 0 Å². The molecule has 4 rings (SSSR count). The number of benzene rings is 2. The number of aryl methyl sites for hydroxylation is 2. The van der Waals surface area contributed by atoms with Gasteiger partial charge >= 0.3 is 0 Å². The maximum Gasteiger partial charge on any atom is 0.119 e. The van der Waals surface area contributed by atoms with E-state index < -0.39 is 11.2 Å². The number of hydrogen-bond donors (Lipinski definition) is 2. The van der Waals surface area contributed by atoms with Crippen LogP contribution in [0.4, 0.5) is 0 Å². The number of methoxy groups -OCH3 is 2. The average Bonchev–Trinajstić information content (AvgIpc) is 2.83. The quantitative estimate of drug-likeness (QED) is 0.585. The maximum absolute atomic E-state index is 11.8. The standard InChI is InChI=1S/C28H38O4/c1-31-23-9-3-7-21(19-23)13-17-27(29)15-5-12-26-25(27)11-6-16-28(26,30)18-14-22-8-4-10-24(20-22)32-2/h3-4,7-10,19-20,25-26,29-30H,5-6,11-18H2,1-2H3/t25-,26-,27-,28+/m0/s1. The second kappa shape index (κ2) is 9.84. The van der Waals surface area contributed by atoms with Gasteiger partial charge in [0.25, 0.3) is 0 Å². The number of hydrogen-bond acceptors (Lipinski definition) is 4. The zero-order valence-corrected chi connectivity index (χ0v) is 19.6. The Morgan fingerprint density at radius 1 is 0.750 bits per heavy atom. The fourth-order valence-electron chi connectivity index (χ4n) is 6.31. The summed E-state index contributed by atoms with van der Waals surface area (Å²) in [5.74, 6) is 2.07. The molecule has 0 radical (unpaired) electrons. The molecule has 2 aliphatic carbocycles. The highest BCUT2D eigenvalue weighted by atomic mass is 16.5. The monoisotopic (exact) mass is 438 g/mol. The smallest absolute Gasteiger partial charge is 0.119 e. The molecule has 0 aromatic heterocycles. The predicted octanol–water partition coefficient (Wildman–Crippen LogP) is 5.33. The Kier molecular flexibility index (Phi) is 7.11. The molecule has 4 atom stereocenters. The molecule has 0 aliphatic heterocycles. The van der Waals surface area contributed by atoms with Crippen molar-refractivity contribution in [1.29, 1.82) is 0 Å². The summed E-state index contributed by atoms with van der Waals surface area (Å²) in [6, 6.07) is 16.3. The van der Waals surface area contributed by atoms with Gasteiger partial charge in [-0.05, 0) is 98.6 Å². The van der Waals surface area contributed by atoms with Gasteiger partial charge in [-0.1, -0.05) is 37.1 Å². The second-order valence-corrected chi connectivity index (χ2v) is 9.91. The van der Waals surface area contributed by atoms with Gasteiger partial charge in [0.1, 0.15) is 11.5 Å². The SMILES string of the molecule is COc1cccc(CC[C@]2(O)CCC[C@H]3[C@@H]2CCC[C@]3(O)CCc2cccc(OC)c2)c1. The van der Waals surface area contributed by atoms with Crippen molar-refractivity contribution in [3.63, 3.8) is 0 Å². The molecule has 4 heteroatoms. The fraction of sp³-hybridized carbons (Fsp3) is 0.571. The third-order valence-corrected chi connectivity index (χ3v) is 8.08. The lowest BCUT2D eigenvalue weighted by atomic mass is 9.56. The van der Waals surface area contributed by atoms with Crippen molar-refractivity contribution in [2.75, 3.05) is 14.2 Å². The number of aliphatic hydroxyl groups is 2. The van der Waals surface area contributed by atoms with Crippen molar-refractivity contribution < 1.29 is 19.7 Å². The Hall–Kier alpha value is -2.04. The summed E-state index contributed by atoms with van der Waals surface area (Å²) in [6.45, 7) is 0. The van der Waals surface area contributed by atoms with E-state index in [1.807, 2.05) is 24.3 Å². The Labute approximate surface area is 192 Å². The van der Waals surface area contributed by atoms with E-state index in [-0.39, 0.29) is 11.8 Å². The van der Waals surface area contributed by atoms with Gasteiger partial charge in [-0.15, -0.1) is 0 Å². The summed E-state index contributed by atoms with van der Waals surface area (Å²) in [6.07, 6.45) is 8.82. The molecule has 32 heavy (non-hydrogen) atoms. The predicted molar refractivity (Wildman–Crippen MR) is 127 cm³/mol. The third-order valence-electron chi connectivity index (χ3n) is 8.08. The van der Waals surface area contributed by atoms with E-state index in [9.17, 15) is 10.2 Å². The van der Waals surface area contributed by atoms with Crippen LogP contribution in [-0.4, -0.2) is 35.6 Å². The molecule has 2 N–H and O–H groups in total. The molecule has 2 fully saturated rings. The average molecular weight is 439 g/mol. The van der Waals surface area contributed by atoms with E-state index in [4.69, 9.17) is 9.47 Å². The lowest BCUT2D eigenvalue weighted by Crippen LogP contribution is -2.56. The topological polar surface area (TPSA) is 58.9 Å². The highest BCUT2D eigenvalue weighted by molar-refractivity contribution is 5.29. The Bertz CT molecular complexity index is 823. The van der Waals surface area contributed by atoms with E-state index in [1.54, 1.807) is 14.2 Å². The molecule has 0 unspecified atom stereocenters. The molecule has 2 aromatic carbocycles. The first-order chi connectivity index (χ1) is 15.5. The summed E-state index contributed by atoms with van der Waals surface area (Å²) in [7, 11) is 3.37. The van der Waals surface area contributed by atoms with Crippen LogP contribution in [0.3, 0.4) is 0 Å². The number of rotatable bonds is 8. The molecule has 2 saturated carbocycles. The molecule has 174 valence electrons. The highest BCUT2D eigenvalue weighted by Gasteiger charge is 2.53. The zero-order chi connectivity index (χ0) is 22.6. The van der Waals surface area contributed by atoms with E-state index in [1.165, 1.54) is 11.1 Å². The Morgan fingerprint density at radius 2 is 1.19 bits per heavy atom. The van der Waals surface area contributed by atoms with Gasteiger partial charge in [0.2, 0.25) is 0 Å². The van der Waals surface area contributed by atoms with Crippen molar-refractivity contribution in [2.24, 2.45) is 11.8 Å². The molecular weight excluding hydrogens is 400 g/mol. The third kappa shape index (κ3) is 4.97. The van der Waals surface area contributed by atoms with Crippen molar-refractivity contribution in [3.05, 3.63) is 59.7 Å².